The molecular formula is C17H13ClO4S. The predicted octanol–water partition coefficient (Wildman–Crippen LogP) is 4.27. The highest BCUT2D eigenvalue weighted by atomic mass is 35.5. The largest absolute Gasteiger partial charge is 0.495 e. The van der Waals surface area contributed by atoms with Crippen molar-refractivity contribution >= 4 is 32.5 Å². The molecule has 3 aromatic rings. The Hall–Kier alpha value is -2.24. The van der Waals surface area contributed by atoms with Crippen LogP contribution in [0.25, 0.3) is 10.8 Å². The van der Waals surface area contributed by atoms with Gasteiger partial charge in [0.2, 0.25) is 0 Å². The van der Waals surface area contributed by atoms with Crippen LogP contribution in [0, 0.1) is 0 Å². The molecule has 0 radical (unpaired) electrons. The summed E-state index contributed by atoms with van der Waals surface area (Å²) in [6.45, 7) is 0. The van der Waals surface area contributed by atoms with Crippen LogP contribution in [-0.4, -0.2) is 15.5 Å². The van der Waals surface area contributed by atoms with Crippen LogP contribution in [0.5, 0.6) is 11.5 Å². The van der Waals surface area contributed by atoms with Gasteiger partial charge in [-0.1, -0.05) is 41.9 Å². The van der Waals surface area contributed by atoms with Crippen LogP contribution in [0.4, 0.5) is 0 Å². The summed E-state index contributed by atoms with van der Waals surface area (Å²) in [7, 11) is -2.67. The molecule has 0 saturated heterocycles. The molecule has 6 heteroatoms. The Bertz CT molecular complexity index is 967. The van der Waals surface area contributed by atoms with Crippen molar-refractivity contribution in [2.75, 3.05) is 7.11 Å². The molecule has 3 aromatic carbocycles. The smallest absolute Gasteiger partial charge is 0.342 e. The van der Waals surface area contributed by atoms with Gasteiger partial charge >= 0.3 is 10.1 Å². The van der Waals surface area contributed by atoms with Gasteiger partial charge in [0.05, 0.1) is 7.11 Å². The SMILES string of the molecule is COc1ccc(Cl)cc1S(=O)(=O)Oc1ccc2ccccc2c1. The Morgan fingerprint density at radius 1 is 0.913 bits per heavy atom. The highest BCUT2D eigenvalue weighted by molar-refractivity contribution is 7.87. The molecule has 0 spiro atoms. The molecular weight excluding hydrogens is 336 g/mol. The first-order valence-corrected chi connectivity index (χ1v) is 8.55. The van der Waals surface area contributed by atoms with Gasteiger partial charge in [0.25, 0.3) is 0 Å². The maximum absolute atomic E-state index is 12.5. The molecule has 0 amide bonds. The maximum atomic E-state index is 12.5. The van der Waals surface area contributed by atoms with E-state index in [1.807, 2.05) is 24.3 Å². The van der Waals surface area contributed by atoms with Gasteiger partial charge in [0.15, 0.2) is 0 Å². The second-order valence-corrected chi connectivity index (χ2v) is 6.79. The van der Waals surface area contributed by atoms with Crippen molar-refractivity contribution in [3.05, 3.63) is 65.7 Å². The third kappa shape index (κ3) is 3.25. The number of fused-ring (bicyclic) bond motifs is 1. The Labute approximate surface area is 139 Å². The van der Waals surface area contributed by atoms with Gasteiger partial charge in [-0.3, -0.25) is 0 Å². The molecule has 0 saturated carbocycles. The van der Waals surface area contributed by atoms with Crippen molar-refractivity contribution in [3.63, 3.8) is 0 Å². The number of benzene rings is 3. The molecule has 4 nitrogen and oxygen atoms in total. The lowest BCUT2D eigenvalue weighted by Crippen LogP contribution is -2.11. The van der Waals surface area contributed by atoms with Crippen molar-refractivity contribution < 1.29 is 17.3 Å². The molecule has 0 unspecified atom stereocenters. The van der Waals surface area contributed by atoms with Gasteiger partial charge in [-0.25, -0.2) is 0 Å². The standard InChI is InChI=1S/C17H13ClO4S/c1-21-16-9-7-14(18)11-17(16)23(19,20)22-15-8-6-12-4-2-3-5-13(12)10-15/h2-11H,1H3. The quantitative estimate of drug-likeness (QED) is 0.661. The van der Waals surface area contributed by atoms with Crippen molar-refractivity contribution in [1.29, 1.82) is 0 Å². The third-order valence-corrected chi connectivity index (χ3v) is 4.83. The van der Waals surface area contributed by atoms with Gasteiger partial charge in [-0.05, 0) is 41.1 Å². The molecule has 0 aliphatic heterocycles. The summed E-state index contributed by atoms with van der Waals surface area (Å²) in [6, 6.07) is 17.0. The van der Waals surface area contributed by atoms with Crippen molar-refractivity contribution in [1.82, 2.24) is 0 Å². The average Bonchev–Trinajstić information content (AvgIpc) is 2.54. The molecule has 0 atom stereocenters. The Balaban J connectivity index is 2.01. The minimum atomic E-state index is -4.06. The molecule has 0 bridgehead atoms. The predicted molar refractivity (Wildman–Crippen MR) is 89.8 cm³/mol. The summed E-state index contributed by atoms with van der Waals surface area (Å²) in [5.41, 5.74) is 0. The fourth-order valence-electron chi connectivity index (χ4n) is 2.24. The number of methoxy groups -OCH3 is 1. The number of ether oxygens (including phenoxy) is 1. The zero-order valence-corrected chi connectivity index (χ0v) is 13.8. The first-order chi connectivity index (χ1) is 11.0. The van der Waals surface area contributed by atoms with Crippen LogP contribution in [0.15, 0.2) is 65.6 Å². The zero-order chi connectivity index (χ0) is 16.4. The Kier molecular flexibility index (Phi) is 4.15. The van der Waals surface area contributed by atoms with E-state index in [0.717, 1.165) is 10.8 Å². The molecule has 0 heterocycles. The lowest BCUT2D eigenvalue weighted by Gasteiger charge is -2.11. The fourth-order valence-corrected chi connectivity index (χ4v) is 3.59. The maximum Gasteiger partial charge on any atom is 0.342 e. The van der Waals surface area contributed by atoms with E-state index in [9.17, 15) is 8.42 Å². The third-order valence-electron chi connectivity index (χ3n) is 3.32. The highest BCUT2D eigenvalue weighted by Crippen LogP contribution is 2.30. The van der Waals surface area contributed by atoms with Gasteiger partial charge in [-0.15, -0.1) is 0 Å². The fraction of sp³-hybridized carbons (Fsp3) is 0.0588. The van der Waals surface area contributed by atoms with E-state index in [1.54, 1.807) is 24.3 Å². The van der Waals surface area contributed by atoms with Gasteiger partial charge in [-0.2, -0.15) is 8.42 Å². The molecule has 0 fully saturated rings. The van der Waals surface area contributed by atoms with E-state index < -0.39 is 10.1 Å². The van der Waals surface area contributed by atoms with Crippen LogP contribution in [-0.2, 0) is 10.1 Å². The Morgan fingerprint density at radius 3 is 2.39 bits per heavy atom. The number of rotatable bonds is 4. The highest BCUT2D eigenvalue weighted by Gasteiger charge is 2.22. The van der Waals surface area contributed by atoms with Crippen LogP contribution < -0.4 is 8.92 Å². The van der Waals surface area contributed by atoms with E-state index >= 15 is 0 Å². The topological polar surface area (TPSA) is 52.6 Å². The molecule has 23 heavy (non-hydrogen) atoms. The lowest BCUT2D eigenvalue weighted by atomic mass is 10.1. The first kappa shape index (κ1) is 15.6. The van der Waals surface area contributed by atoms with E-state index in [2.05, 4.69) is 0 Å². The first-order valence-electron chi connectivity index (χ1n) is 6.76. The van der Waals surface area contributed by atoms with Gasteiger partial charge in [0.1, 0.15) is 16.4 Å². The summed E-state index contributed by atoms with van der Waals surface area (Å²) < 4.78 is 35.3. The summed E-state index contributed by atoms with van der Waals surface area (Å²) in [5.74, 6) is 0.404. The second-order valence-electron chi connectivity index (χ2n) is 4.84. The van der Waals surface area contributed by atoms with Crippen LogP contribution in [0.1, 0.15) is 0 Å². The Morgan fingerprint density at radius 2 is 1.65 bits per heavy atom. The molecule has 0 aliphatic rings. The number of hydrogen-bond donors (Lipinski definition) is 0. The second kappa shape index (κ2) is 6.10. The number of halogens is 1. The minimum Gasteiger partial charge on any atom is -0.495 e. The zero-order valence-electron chi connectivity index (χ0n) is 12.2. The van der Waals surface area contributed by atoms with Crippen molar-refractivity contribution in [2.24, 2.45) is 0 Å². The summed E-state index contributed by atoms with van der Waals surface area (Å²) in [6.07, 6.45) is 0. The van der Waals surface area contributed by atoms with Gasteiger partial charge in [0, 0.05) is 5.02 Å². The van der Waals surface area contributed by atoms with Gasteiger partial charge < -0.3 is 8.92 Å². The van der Waals surface area contributed by atoms with E-state index in [-0.39, 0.29) is 21.4 Å². The summed E-state index contributed by atoms with van der Waals surface area (Å²) in [4.78, 5) is -0.111. The molecule has 0 N–H and O–H groups in total. The van der Waals surface area contributed by atoms with E-state index in [0.29, 0.717) is 0 Å². The molecule has 3 rings (SSSR count). The van der Waals surface area contributed by atoms with Crippen LogP contribution in [0.2, 0.25) is 5.02 Å². The van der Waals surface area contributed by atoms with E-state index in [4.69, 9.17) is 20.5 Å². The summed E-state index contributed by atoms with van der Waals surface area (Å²) >= 11 is 5.89. The molecule has 0 aliphatic carbocycles. The van der Waals surface area contributed by atoms with Crippen molar-refractivity contribution in [2.45, 2.75) is 4.90 Å². The van der Waals surface area contributed by atoms with E-state index in [1.165, 1.54) is 19.2 Å². The van der Waals surface area contributed by atoms with Crippen LogP contribution >= 0.6 is 11.6 Å². The normalized spacial score (nSPS) is 11.4. The average molecular weight is 349 g/mol. The molecule has 118 valence electrons. The molecule has 0 aromatic heterocycles. The number of hydrogen-bond acceptors (Lipinski definition) is 4. The van der Waals surface area contributed by atoms with Crippen LogP contribution in [0.3, 0.4) is 0 Å². The monoisotopic (exact) mass is 348 g/mol. The minimum absolute atomic E-state index is 0.111. The lowest BCUT2D eigenvalue weighted by molar-refractivity contribution is 0.398. The van der Waals surface area contributed by atoms with Crippen molar-refractivity contribution in [3.8, 4) is 11.5 Å². The summed E-state index contributed by atoms with van der Waals surface area (Å²) in [5, 5.41) is 2.17.